The highest BCUT2D eigenvalue weighted by atomic mass is 19.1. The largest absolute Gasteiger partial charge is 0.493 e. The van der Waals surface area contributed by atoms with E-state index in [1.54, 1.807) is 6.07 Å². The molecule has 0 bridgehead atoms. The molecule has 1 aromatic rings. The van der Waals surface area contributed by atoms with Gasteiger partial charge < -0.3 is 10.5 Å². The van der Waals surface area contributed by atoms with Crippen molar-refractivity contribution in [3.8, 4) is 5.75 Å². The van der Waals surface area contributed by atoms with Gasteiger partial charge in [-0.15, -0.1) is 0 Å². The van der Waals surface area contributed by atoms with Gasteiger partial charge in [-0.25, -0.2) is 4.39 Å². The first-order valence-electron chi connectivity index (χ1n) is 5.19. The number of hydrogen-bond acceptors (Lipinski definition) is 2. The summed E-state index contributed by atoms with van der Waals surface area (Å²) in [6.07, 6.45) is 2.24. The number of hydrogen-bond donors (Lipinski definition) is 1. The van der Waals surface area contributed by atoms with Crippen molar-refractivity contribution in [3.63, 3.8) is 0 Å². The molecule has 1 fully saturated rings. The lowest BCUT2D eigenvalue weighted by molar-refractivity contribution is 0.349. The van der Waals surface area contributed by atoms with E-state index in [9.17, 15) is 4.39 Å². The number of para-hydroxylation sites is 1. The molecule has 1 saturated carbocycles. The Balaban J connectivity index is 2.46. The third-order valence-electron chi connectivity index (χ3n) is 3.18. The smallest absolute Gasteiger partial charge is 0.165 e. The zero-order valence-electron chi connectivity index (χ0n) is 9.09. The summed E-state index contributed by atoms with van der Waals surface area (Å²) in [5.74, 6) is 0.398. The Kier molecular flexibility index (Phi) is 2.43. The summed E-state index contributed by atoms with van der Waals surface area (Å²) < 4.78 is 18.6. The molecular weight excluding hydrogens is 193 g/mol. The van der Waals surface area contributed by atoms with Crippen molar-refractivity contribution in [1.82, 2.24) is 0 Å². The Morgan fingerprint density at radius 3 is 2.67 bits per heavy atom. The highest BCUT2D eigenvalue weighted by Crippen LogP contribution is 2.46. The van der Waals surface area contributed by atoms with Crippen molar-refractivity contribution >= 4 is 0 Å². The molecule has 0 spiro atoms. The zero-order valence-corrected chi connectivity index (χ0v) is 9.09. The predicted octanol–water partition coefficient (Wildman–Crippen LogP) is 2.42. The van der Waals surface area contributed by atoms with Crippen LogP contribution in [-0.4, -0.2) is 7.11 Å². The van der Waals surface area contributed by atoms with E-state index in [2.05, 4.69) is 0 Å². The van der Waals surface area contributed by atoms with E-state index in [4.69, 9.17) is 10.5 Å². The van der Waals surface area contributed by atoms with Gasteiger partial charge in [-0.1, -0.05) is 12.1 Å². The molecule has 1 unspecified atom stereocenters. The number of ether oxygens (including phenoxy) is 1. The number of halogens is 1. The maximum absolute atomic E-state index is 13.5. The molecule has 1 atom stereocenters. The van der Waals surface area contributed by atoms with Crippen LogP contribution in [0.3, 0.4) is 0 Å². The van der Waals surface area contributed by atoms with E-state index < -0.39 is 5.54 Å². The van der Waals surface area contributed by atoms with Gasteiger partial charge in [-0.3, -0.25) is 0 Å². The molecule has 0 saturated heterocycles. The zero-order chi connectivity index (χ0) is 11.1. The van der Waals surface area contributed by atoms with E-state index in [1.165, 1.54) is 13.2 Å². The third-order valence-corrected chi connectivity index (χ3v) is 3.18. The van der Waals surface area contributed by atoms with Gasteiger partial charge in [0.05, 0.1) is 7.11 Å². The van der Waals surface area contributed by atoms with E-state index in [1.807, 2.05) is 13.0 Å². The minimum atomic E-state index is -0.479. The number of methoxy groups -OCH3 is 1. The summed E-state index contributed by atoms with van der Waals surface area (Å²) >= 11 is 0. The molecule has 3 heteroatoms. The average molecular weight is 209 g/mol. The normalized spacial score (nSPS) is 19.7. The third kappa shape index (κ3) is 1.72. The highest BCUT2D eigenvalue weighted by Gasteiger charge is 2.41. The van der Waals surface area contributed by atoms with Crippen LogP contribution in [0.15, 0.2) is 18.2 Å². The fourth-order valence-corrected chi connectivity index (χ4v) is 2.04. The van der Waals surface area contributed by atoms with Gasteiger partial charge in [0.1, 0.15) is 0 Å². The van der Waals surface area contributed by atoms with E-state index in [0.29, 0.717) is 5.92 Å². The van der Waals surface area contributed by atoms with Crippen molar-refractivity contribution in [2.24, 2.45) is 11.7 Å². The van der Waals surface area contributed by atoms with Crippen LogP contribution in [0.5, 0.6) is 5.75 Å². The number of nitrogens with two attached hydrogens (primary N) is 1. The van der Waals surface area contributed by atoms with Crippen LogP contribution in [0.2, 0.25) is 0 Å². The molecule has 0 radical (unpaired) electrons. The van der Waals surface area contributed by atoms with Crippen LogP contribution in [0.1, 0.15) is 25.3 Å². The molecule has 82 valence electrons. The topological polar surface area (TPSA) is 35.2 Å². The first-order valence-corrected chi connectivity index (χ1v) is 5.19. The molecule has 0 aromatic heterocycles. The first kappa shape index (κ1) is 10.4. The summed E-state index contributed by atoms with van der Waals surface area (Å²) in [6, 6.07) is 4.92. The van der Waals surface area contributed by atoms with Gasteiger partial charge in [0.2, 0.25) is 0 Å². The summed E-state index contributed by atoms with van der Waals surface area (Å²) in [6.45, 7) is 1.95. The molecule has 2 rings (SSSR count). The van der Waals surface area contributed by atoms with E-state index >= 15 is 0 Å². The fraction of sp³-hybridized carbons (Fsp3) is 0.500. The summed E-state index contributed by atoms with van der Waals surface area (Å²) in [5.41, 5.74) is 6.53. The number of rotatable bonds is 3. The van der Waals surface area contributed by atoms with Crippen molar-refractivity contribution in [2.45, 2.75) is 25.3 Å². The van der Waals surface area contributed by atoms with Crippen LogP contribution in [0, 0.1) is 11.7 Å². The Bertz CT molecular complexity index is 372. The van der Waals surface area contributed by atoms with Crippen molar-refractivity contribution in [1.29, 1.82) is 0 Å². The van der Waals surface area contributed by atoms with Gasteiger partial charge in [0.25, 0.3) is 0 Å². The predicted molar refractivity (Wildman–Crippen MR) is 57.2 cm³/mol. The van der Waals surface area contributed by atoms with Gasteiger partial charge >= 0.3 is 0 Å². The van der Waals surface area contributed by atoms with Gasteiger partial charge in [0.15, 0.2) is 11.6 Å². The monoisotopic (exact) mass is 209 g/mol. The second kappa shape index (κ2) is 3.49. The molecular formula is C12H16FNO. The highest BCUT2D eigenvalue weighted by molar-refractivity contribution is 5.41. The average Bonchev–Trinajstić information content (AvgIpc) is 3.00. The van der Waals surface area contributed by atoms with Crippen LogP contribution in [0.4, 0.5) is 4.39 Å². The maximum Gasteiger partial charge on any atom is 0.165 e. The Labute approximate surface area is 89.2 Å². The second-order valence-corrected chi connectivity index (χ2v) is 4.38. The molecule has 15 heavy (non-hydrogen) atoms. The lowest BCUT2D eigenvalue weighted by Crippen LogP contribution is -2.36. The molecule has 0 amide bonds. The van der Waals surface area contributed by atoms with Gasteiger partial charge in [-0.2, -0.15) is 0 Å². The molecule has 1 aliphatic carbocycles. The van der Waals surface area contributed by atoms with Gasteiger partial charge in [0, 0.05) is 11.1 Å². The lowest BCUT2D eigenvalue weighted by Gasteiger charge is -2.27. The van der Waals surface area contributed by atoms with Gasteiger partial charge in [-0.05, 0) is 31.7 Å². The summed E-state index contributed by atoms with van der Waals surface area (Å²) in [4.78, 5) is 0. The fourth-order valence-electron chi connectivity index (χ4n) is 2.04. The SMILES string of the molecule is COc1c(F)cccc1C(C)(N)C1CC1. The lowest BCUT2D eigenvalue weighted by atomic mass is 9.87. The maximum atomic E-state index is 13.5. The second-order valence-electron chi connectivity index (χ2n) is 4.38. The van der Waals surface area contributed by atoms with Crippen molar-refractivity contribution in [2.75, 3.05) is 7.11 Å². The standard InChI is InChI=1S/C12H16FNO/c1-12(14,8-6-7-8)9-4-3-5-10(13)11(9)15-2/h3-5,8H,6-7,14H2,1-2H3. The first-order chi connectivity index (χ1) is 7.07. The van der Waals surface area contributed by atoms with E-state index in [0.717, 1.165) is 18.4 Å². The Morgan fingerprint density at radius 1 is 1.47 bits per heavy atom. The van der Waals surface area contributed by atoms with Crippen molar-refractivity contribution in [3.05, 3.63) is 29.6 Å². The van der Waals surface area contributed by atoms with Crippen LogP contribution in [0.25, 0.3) is 0 Å². The van der Waals surface area contributed by atoms with Crippen LogP contribution < -0.4 is 10.5 Å². The molecule has 0 aliphatic heterocycles. The minimum absolute atomic E-state index is 0.286. The minimum Gasteiger partial charge on any atom is -0.493 e. The summed E-state index contributed by atoms with van der Waals surface area (Å²) in [5, 5.41) is 0. The molecule has 2 nitrogen and oxygen atoms in total. The molecule has 1 aromatic carbocycles. The quantitative estimate of drug-likeness (QED) is 0.829. The van der Waals surface area contributed by atoms with Crippen LogP contribution >= 0.6 is 0 Å². The molecule has 1 aliphatic rings. The molecule has 0 heterocycles. The Hall–Kier alpha value is -1.09. The number of benzene rings is 1. The van der Waals surface area contributed by atoms with Crippen molar-refractivity contribution < 1.29 is 9.13 Å². The van der Waals surface area contributed by atoms with E-state index in [-0.39, 0.29) is 11.6 Å². The van der Waals surface area contributed by atoms with Crippen LogP contribution in [-0.2, 0) is 5.54 Å². The Morgan fingerprint density at radius 2 is 2.13 bits per heavy atom. The molecule has 2 N–H and O–H groups in total. The summed E-state index contributed by atoms with van der Waals surface area (Å²) in [7, 11) is 1.48.